The standard InChI is InChI=1S/C22H23N5O2S/c1-11-6-13(3)16(7-12(11)2)18-10-30-22(24-18)25-20(28)8-17-14(4)23-19-9-21(29)26-27(19)15(17)5/h6-7,9-10H,8H2,1-5H3,(H,26,29)(H,24,25,28). The quantitative estimate of drug-likeness (QED) is 0.523. The summed E-state index contributed by atoms with van der Waals surface area (Å²) >= 11 is 1.40. The van der Waals surface area contributed by atoms with Gasteiger partial charge in [0, 0.05) is 34.0 Å². The van der Waals surface area contributed by atoms with E-state index < -0.39 is 0 Å². The Bertz CT molecular complexity index is 1350. The first-order valence-electron chi connectivity index (χ1n) is 9.64. The van der Waals surface area contributed by atoms with Gasteiger partial charge in [-0.3, -0.25) is 14.7 Å². The maximum Gasteiger partial charge on any atom is 0.266 e. The zero-order valence-electron chi connectivity index (χ0n) is 17.6. The predicted molar refractivity (Wildman–Crippen MR) is 119 cm³/mol. The third-order valence-electron chi connectivity index (χ3n) is 5.41. The Kier molecular flexibility index (Phi) is 5.03. The molecule has 7 nitrogen and oxygen atoms in total. The lowest BCUT2D eigenvalue weighted by atomic mass is 9.99. The molecule has 2 N–H and O–H groups in total. The van der Waals surface area contributed by atoms with Crippen LogP contribution in [0.4, 0.5) is 5.13 Å². The average molecular weight is 422 g/mol. The topological polar surface area (TPSA) is 92.1 Å². The summed E-state index contributed by atoms with van der Waals surface area (Å²) < 4.78 is 1.61. The molecule has 0 bridgehead atoms. The molecule has 0 aliphatic heterocycles. The van der Waals surface area contributed by atoms with Gasteiger partial charge >= 0.3 is 0 Å². The van der Waals surface area contributed by atoms with Crippen LogP contribution in [0.25, 0.3) is 16.9 Å². The second-order valence-electron chi connectivity index (χ2n) is 7.59. The van der Waals surface area contributed by atoms with Gasteiger partial charge in [0.15, 0.2) is 10.8 Å². The number of aromatic nitrogens is 4. The van der Waals surface area contributed by atoms with Crippen molar-refractivity contribution in [2.24, 2.45) is 0 Å². The van der Waals surface area contributed by atoms with Crippen LogP contribution >= 0.6 is 11.3 Å². The molecule has 4 aromatic rings. The van der Waals surface area contributed by atoms with Gasteiger partial charge in [-0.25, -0.2) is 14.5 Å². The van der Waals surface area contributed by atoms with Crippen LogP contribution in [0, 0.1) is 34.6 Å². The molecule has 1 aromatic carbocycles. The number of carbonyl (C=O) groups is 1. The van der Waals surface area contributed by atoms with E-state index in [4.69, 9.17) is 0 Å². The van der Waals surface area contributed by atoms with E-state index in [1.807, 2.05) is 19.2 Å². The second-order valence-corrected chi connectivity index (χ2v) is 8.45. The van der Waals surface area contributed by atoms with Gasteiger partial charge in [0.2, 0.25) is 5.91 Å². The van der Waals surface area contributed by atoms with E-state index in [0.29, 0.717) is 10.8 Å². The molecule has 8 heteroatoms. The highest BCUT2D eigenvalue weighted by molar-refractivity contribution is 7.14. The lowest BCUT2D eigenvalue weighted by Gasteiger charge is -2.11. The highest BCUT2D eigenvalue weighted by atomic mass is 32.1. The average Bonchev–Trinajstić information content (AvgIpc) is 3.28. The van der Waals surface area contributed by atoms with Crippen LogP contribution in [0.1, 0.15) is 33.6 Å². The molecule has 0 radical (unpaired) electrons. The van der Waals surface area contributed by atoms with Gasteiger partial charge in [-0.05, 0) is 57.4 Å². The number of aromatic amines is 1. The minimum atomic E-state index is -0.219. The van der Waals surface area contributed by atoms with Crippen LogP contribution in [0.15, 0.2) is 28.4 Å². The van der Waals surface area contributed by atoms with E-state index in [1.54, 1.807) is 4.52 Å². The van der Waals surface area contributed by atoms with Gasteiger partial charge in [0.25, 0.3) is 5.56 Å². The van der Waals surface area contributed by atoms with E-state index >= 15 is 0 Å². The maximum absolute atomic E-state index is 12.7. The molecule has 0 spiro atoms. The largest absolute Gasteiger partial charge is 0.302 e. The summed E-state index contributed by atoms with van der Waals surface area (Å²) in [6.07, 6.45) is 0.151. The number of anilines is 1. The number of nitrogens with one attached hydrogen (secondary N) is 2. The van der Waals surface area contributed by atoms with Crippen LogP contribution in [-0.4, -0.2) is 25.5 Å². The number of fused-ring (bicyclic) bond motifs is 1. The van der Waals surface area contributed by atoms with E-state index in [9.17, 15) is 9.59 Å². The summed E-state index contributed by atoms with van der Waals surface area (Å²) in [6, 6.07) is 5.73. The van der Waals surface area contributed by atoms with Gasteiger partial charge in [-0.1, -0.05) is 6.07 Å². The molecule has 0 saturated carbocycles. The Hall–Kier alpha value is -3.26. The summed E-state index contributed by atoms with van der Waals surface area (Å²) in [5.41, 5.74) is 8.19. The van der Waals surface area contributed by atoms with Crippen molar-refractivity contribution in [3.63, 3.8) is 0 Å². The number of rotatable bonds is 4. The Balaban J connectivity index is 1.55. The third-order valence-corrected chi connectivity index (χ3v) is 6.16. The van der Waals surface area contributed by atoms with Crippen molar-refractivity contribution in [3.05, 3.63) is 67.6 Å². The SMILES string of the molecule is Cc1cc(C)c(-c2csc(NC(=O)Cc3c(C)nc4cc(=O)[nH]n4c3C)n2)cc1C. The van der Waals surface area contributed by atoms with Crippen LogP contribution in [0.5, 0.6) is 0 Å². The highest BCUT2D eigenvalue weighted by Crippen LogP contribution is 2.29. The normalized spacial score (nSPS) is 11.2. The number of thiazole rings is 1. The van der Waals surface area contributed by atoms with Gasteiger partial charge < -0.3 is 5.32 Å². The molecule has 30 heavy (non-hydrogen) atoms. The molecule has 4 rings (SSSR count). The summed E-state index contributed by atoms with van der Waals surface area (Å²) in [6.45, 7) is 9.96. The summed E-state index contributed by atoms with van der Waals surface area (Å²) in [5, 5.41) is 8.12. The fourth-order valence-electron chi connectivity index (χ4n) is 3.63. The number of hydrogen-bond acceptors (Lipinski definition) is 5. The molecule has 0 aliphatic carbocycles. The number of carbonyl (C=O) groups excluding carboxylic acids is 1. The minimum absolute atomic E-state index is 0.151. The van der Waals surface area contributed by atoms with Crippen molar-refractivity contribution in [1.29, 1.82) is 0 Å². The van der Waals surface area contributed by atoms with Crippen molar-refractivity contribution in [2.45, 2.75) is 41.0 Å². The van der Waals surface area contributed by atoms with Crippen LogP contribution in [0.2, 0.25) is 0 Å². The van der Waals surface area contributed by atoms with Crippen molar-refractivity contribution >= 4 is 28.0 Å². The Morgan fingerprint density at radius 1 is 1.07 bits per heavy atom. The lowest BCUT2D eigenvalue weighted by Crippen LogP contribution is -2.17. The molecule has 154 valence electrons. The number of aryl methyl sites for hydroxylation is 5. The second kappa shape index (κ2) is 7.53. The van der Waals surface area contributed by atoms with Gasteiger partial charge in [0.1, 0.15) is 0 Å². The molecule has 0 atom stereocenters. The predicted octanol–water partition coefficient (Wildman–Crippen LogP) is 3.87. The molecule has 0 saturated heterocycles. The smallest absolute Gasteiger partial charge is 0.266 e. The third kappa shape index (κ3) is 3.66. The fraction of sp³-hybridized carbons (Fsp3) is 0.273. The number of benzene rings is 1. The maximum atomic E-state index is 12.7. The van der Waals surface area contributed by atoms with Crippen molar-refractivity contribution in [1.82, 2.24) is 19.6 Å². The zero-order valence-corrected chi connectivity index (χ0v) is 18.4. The molecule has 0 fully saturated rings. The molecule has 3 aromatic heterocycles. The fourth-order valence-corrected chi connectivity index (χ4v) is 4.35. The summed E-state index contributed by atoms with van der Waals surface area (Å²) in [5.74, 6) is -0.172. The molecular weight excluding hydrogens is 398 g/mol. The number of amides is 1. The Morgan fingerprint density at radius 3 is 2.57 bits per heavy atom. The Morgan fingerprint density at radius 2 is 1.80 bits per heavy atom. The first-order valence-corrected chi connectivity index (χ1v) is 10.5. The van der Waals surface area contributed by atoms with E-state index in [-0.39, 0.29) is 17.9 Å². The van der Waals surface area contributed by atoms with Gasteiger partial charge in [-0.15, -0.1) is 11.3 Å². The first kappa shape index (κ1) is 20.0. The molecule has 1 amide bonds. The van der Waals surface area contributed by atoms with E-state index in [1.165, 1.54) is 28.5 Å². The van der Waals surface area contributed by atoms with Crippen LogP contribution in [-0.2, 0) is 11.2 Å². The van der Waals surface area contributed by atoms with Crippen LogP contribution < -0.4 is 10.9 Å². The molecule has 0 aliphatic rings. The first-order chi connectivity index (χ1) is 14.2. The highest BCUT2D eigenvalue weighted by Gasteiger charge is 2.16. The summed E-state index contributed by atoms with van der Waals surface area (Å²) in [4.78, 5) is 33.3. The monoisotopic (exact) mass is 421 g/mol. The van der Waals surface area contributed by atoms with Crippen molar-refractivity contribution in [3.8, 4) is 11.3 Å². The van der Waals surface area contributed by atoms with E-state index in [2.05, 4.69) is 53.3 Å². The number of H-pyrrole nitrogens is 1. The Labute approximate surface area is 177 Å². The van der Waals surface area contributed by atoms with Crippen LogP contribution in [0.3, 0.4) is 0 Å². The van der Waals surface area contributed by atoms with E-state index in [0.717, 1.165) is 33.8 Å². The minimum Gasteiger partial charge on any atom is -0.302 e. The zero-order chi connectivity index (χ0) is 21.6. The lowest BCUT2D eigenvalue weighted by molar-refractivity contribution is -0.115. The number of hydrogen-bond donors (Lipinski definition) is 2. The molecular formula is C22H23N5O2S. The molecule has 0 unspecified atom stereocenters. The summed E-state index contributed by atoms with van der Waals surface area (Å²) in [7, 11) is 0. The molecule has 3 heterocycles. The van der Waals surface area contributed by atoms with Gasteiger partial charge in [0.05, 0.1) is 12.1 Å². The van der Waals surface area contributed by atoms with Gasteiger partial charge in [-0.2, -0.15) is 0 Å². The van der Waals surface area contributed by atoms with Crippen molar-refractivity contribution in [2.75, 3.05) is 5.32 Å². The van der Waals surface area contributed by atoms with Crippen molar-refractivity contribution < 1.29 is 4.79 Å². The number of nitrogens with zero attached hydrogens (tertiary/aromatic N) is 3.